The molecule has 106 valence electrons. The molecule has 0 unspecified atom stereocenters. The topological polar surface area (TPSA) is 30.2 Å². The van der Waals surface area contributed by atoms with E-state index < -0.39 is 17.5 Å². The van der Waals surface area contributed by atoms with E-state index in [9.17, 15) is 18.0 Å². The van der Waals surface area contributed by atoms with Crippen molar-refractivity contribution in [2.75, 3.05) is 0 Å². The monoisotopic (exact) mass is 282 g/mol. The molecule has 2 nitrogen and oxygen atoms in total. The fourth-order valence-corrected chi connectivity index (χ4v) is 2.19. The quantitative estimate of drug-likeness (QED) is 0.761. The Balaban J connectivity index is 2.61. The van der Waals surface area contributed by atoms with Crippen LogP contribution in [-0.2, 0) is 6.18 Å². The van der Waals surface area contributed by atoms with E-state index in [0.717, 1.165) is 6.07 Å². The van der Waals surface area contributed by atoms with Crippen molar-refractivity contribution >= 4 is 5.78 Å². The van der Waals surface area contributed by atoms with Gasteiger partial charge < -0.3 is 4.42 Å². The summed E-state index contributed by atoms with van der Waals surface area (Å²) in [5.74, 6) is 0.210. The van der Waals surface area contributed by atoms with Gasteiger partial charge in [0, 0.05) is 11.1 Å². The maximum atomic E-state index is 13.0. The van der Waals surface area contributed by atoms with Crippen LogP contribution in [0.5, 0.6) is 0 Å². The molecule has 20 heavy (non-hydrogen) atoms. The molecule has 0 bridgehead atoms. The lowest BCUT2D eigenvalue weighted by Crippen LogP contribution is -2.14. The van der Waals surface area contributed by atoms with Gasteiger partial charge >= 0.3 is 6.18 Å². The van der Waals surface area contributed by atoms with Crippen LogP contribution in [0, 0.1) is 20.8 Å². The van der Waals surface area contributed by atoms with Crippen LogP contribution in [0.25, 0.3) is 0 Å². The zero-order valence-corrected chi connectivity index (χ0v) is 11.3. The lowest BCUT2D eigenvalue weighted by Gasteiger charge is -2.11. The summed E-state index contributed by atoms with van der Waals surface area (Å²) in [6.45, 7) is 4.91. The zero-order valence-electron chi connectivity index (χ0n) is 11.3. The van der Waals surface area contributed by atoms with Crippen molar-refractivity contribution in [3.63, 3.8) is 0 Å². The Labute approximate surface area is 114 Å². The van der Waals surface area contributed by atoms with Gasteiger partial charge in [-0.15, -0.1) is 0 Å². The molecule has 0 aliphatic rings. The molecule has 0 saturated heterocycles. The van der Waals surface area contributed by atoms with Crippen LogP contribution in [0.2, 0.25) is 0 Å². The van der Waals surface area contributed by atoms with Crippen LogP contribution in [0.3, 0.4) is 0 Å². The van der Waals surface area contributed by atoms with Gasteiger partial charge in [-0.05, 0) is 26.8 Å². The molecule has 1 aromatic heterocycles. The summed E-state index contributed by atoms with van der Waals surface area (Å²) in [5, 5.41) is 0. The molecule has 0 saturated carbocycles. The summed E-state index contributed by atoms with van der Waals surface area (Å²) in [5.41, 5.74) is -0.502. The second-order valence-corrected chi connectivity index (χ2v) is 4.59. The van der Waals surface area contributed by atoms with Gasteiger partial charge in [0.2, 0.25) is 0 Å². The van der Waals surface area contributed by atoms with Crippen LogP contribution in [-0.4, -0.2) is 5.78 Å². The lowest BCUT2D eigenvalue weighted by molar-refractivity contribution is -0.137. The van der Waals surface area contributed by atoms with Gasteiger partial charge in [0.15, 0.2) is 5.78 Å². The Morgan fingerprint density at radius 3 is 2.15 bits per heavy atom. The molecule has 1 aromatic carbocycles. The number of furan rings is 1. The second-order valence-electron chi connectivity index (χ2n) is 4.59. The molecule has 0 N–H and O–H groups in total. The molecule has 2 rings (SSSR count). The van der Waals surface area contributed by atoms with Crippen LogP contribution >= 0.6 is 0 Å². The Bertz CT molecular complexity index is 666. The summed E-state index contributed by atoms with van der Waals surface area (Å²) >= 11 is 0. The van der Waals surface area contributed by atoms with E-state index in [1.165, 1.54) is 18.2 Å². The largest absolute Gasteiger partial charge is 0.466 e. The Kier molecular flexibility index (Phi) is 3.46. The van der Waals surface area contributed by atoms with Gasteiger partial charge in [0.25, 0.3) is 0 Å². The lowest BCUT2D eigenvalue weighted by atomic mass is 9.95. The van der Waals surface area contributed by atoms with Crippen molar-refractivity contribution in [2.45, 2.75) is 26.9 Å². The second kappa shape index (κ2) is 4.81. The predicted octanol–water partition coefficient (Wildman–Crippen LogP) is 4.45. The first-order valence-corrected chi connectivity index (χ1v) is 6.01. The average Bonchev–Trinajstić information content (AvgIpc) is 2.61. The van der Waals surface area contributed by atoms with Crippen molar-refractivity contribution in [2.24, 2.45) is 0 Å². The summed E-state index contributed by atoms with van der Waals surface area (Å²) in [6.07, 6.45) is -4.56. The third kappa shape index (κ3) is 2.35. The number of halogens is 3. The van der Waals surface area contributed by atoms with Crippen molar-refractivity contribution in [1.82, 2.24) is 0 Å². The van der Waals surface area contributed by atoms with Crippen molar-refractivity contribution in [3.8, 4) is 0 Å². The number of hydrogen-bond donors (Lipinski definition) is 0. The van der Waals surface area contributed by atoms with Crippen LogP contribution in [0.15, 0.2) is 28.7 Å². The summed E-state index contributed by atoms with van der Waals surface area (Å²) in [4.78, 5) is 12.4. The third-order valence-electron chi connectivity index (χ3n) is 3.27. The van der Waals surface area contributed by atoms with Gasteiger partial charge in [-0.3, -0.25) is 4.79 Å². The Morgan fingerprint density at radius 2 is 1.65 bits per heavy atom. The number of alkyl halides is 3. The minimum atomic E-state index is -4.56. The Hall–Kier alpha value is -2.04. The first kappa shape index (κ1) is 14.4. The molecule has 0 radical (unpaired) electrons. The normalized spacial score (nSPS) is 11.7. The van der Waals surface area contributed by atoms with Crippen molar-refractivity contribution < 1.29 is 22.4 Å². The number of hydrogen-bond acceptors (Lipinski definition) is 2. The SMILES string of the molecule is Cc1oc(C)c(C(=O)c2ccccc2C(F)(F)F)c1C. The summed E-state index contributed by atoms with van der Waals surface area (Å²) in [7, 11) is 0. The molecule has 0 spiro atoms. The van der Waals surface area contributed by atoms with Crippen LogP contribution in [0.4, 0.5) is 13.2 Å². The van der Waals surface area contributed by atoms with Gasteiger partial charge in [-0.25, -0.2) is 0 Å². The number of rotatable bonds is 2. The molecule has 0 aliphatic heterocycles. The number of carbonyl (C=O) groups excluding carboxylic acids is 1. The first-order valence-electron chi connectivity index (χ1n) is 6.01. The zero-order chi connectivity index (χ0) is 15.1. The van der Waals surface area contributed by atoms with Gasteiger partial charge in [-0.1, -0.05) is 18.2 Å². The minimum absolute atomic E-state index is 0.208. The minimum Gasteiger partial charge on any atom is -0.466 e. The van der Waals surface area contributed by atoms with E-state index in [0.29, 0.717) is 17.1 Å². The first-order chi connectivity index (χ1) is 9.23. The van der Waals surface area contributed by atoms with Gasteiger partial charge in [0.05, 0.1) is 11.1 Å². The smallest absolute Gasteiger partial charge is 0.417 e. The van der Waals surface area contributed by atoms with Gasteiger partial charge in [0.1, 0.15) is 11.5 Å². The van der Waals surface area contributed by atoms with E-state index in [4.69, 9.17) is 4.42 Å². The van der Waals surface area contributed by atoms with E-state index in [-0.39, 0.29) is 11.1 Å². The standard InChI is InChI=1S/C15H13F3O2/c1-8-9(2)20-10(3)13(8)14(19)11-6-4-5-7-12(11)15(16,17)18/h4-7H,1-3H3. The van der Waals surface area contributed by atoms with Gasteiger partial charge in [-0.2, -0.15) is 13.2 Å². The Morgan fingerprint density at radius 1 is 1.05 bits per heavy atom. The fraction of sp³-hybridized carbons (Fsp3) is 0.267. The average molecular weight is 282 g/mol. The third-order valence-corrected chi connectivity index (χ3v) is 3.27. The molecule has 2 aromatic rings. The number of ketones is 1. The highest BCUT2D eigenvalue weighted by Gasteiger charge is 2.36. The molecule has 0 amide bonds. The predicted molar refractivity (Wildman–Crippen MR) is 67.8 cm³/mol. The maximum Gasteiger partial charge on any atom is 0.417 e. The number of benzene rings is 1. The van der Waals surface area contributed by atoms with E-state index in [1.807, 2.05) is 0 Å². The molecule has 0 fully saturated rings. The van der Waals surface area contributed by atoms with E-state index in [1.54, 1.807) is 20.8 Å². The molecular weight excluding hydrogens is 269 g/mol. The summed E-state index contributed by atoms with van der Waals surface area (Å²) < 4.78 is 44.2. The molecule has 1 heterocycles. The number of aryl methyl sites for hydroxylation is 2. The summed E-state index contributed by atoms with van der Waals surface area (Å²) in [6, 6.07) is 4.78. The van der Waals surface area contributed by atoms with E-state index in [2.05, 4.69) is 0 Å². The highest BCUT2D eigenvalue weighted by molar-refractivity contribution is 6.11. The van der Waals surface area contributed by atoms with E-state index >= 15 is 0 Å². The van der Waals surface area contributed by atoms with Crippen LogP contribution < -0.4 is 0 Å². The highest BCUT2D eigenvalue weighted by Crippen LogP contribution is 2.34. The molecule has 5 heteroatoms. The van der Waals surface area contributed by atoms with Crippen LogP contribution in [0.1, 0.15) is 38.6 Å². The molecule has 0 atom stereocenters. The molecule has 0 aliphatic carbocycles. The number of carbonyl (C=O) groups is 1. The van der Waals surface area contributed by atoms with Crippen molar-refractivity contribution in [1.29, 1.82) is 0 Å². The molecular formula is C15H13F3O2. The highest BCUT2D eigenvalue weighted by atomic mass is 19.4. The van der Waals surface area contributed by atoms with Crippen molar-refractivity contribution in [3.05, 3.63) is 58.0 Å². The maximum absolute atomic E-state index is 13.0. The fourth-order valence-electron chi connectivity index (χ4n) is 2.19.